The van der Waals surface area contributed by atoms with Crippen molar-refractivity contribution >= 4 is 8.80 Å². The van der Waals surface area contributed by atoms with Crippen molar-refractivity contribution in [3.05, 3.63) is 0 Å². The van der Waals surface area contributed by atoms with E-state index < -0.39 is 8.80 Å². The molecule has 1 aliphatic rings. The fourth-order valence-electron chi connectivity index (χ4n) is 3.44. The van der Waals surface area contributed by atoms with Gasteiger partial charge in [0.1, 0.15) is 6.17 Å². The van der Waals surface area contributed by atoms with Crippen LogP contribution in [0.2, 0.25) is 0 Å². The minimum absolute atomic E-state index is 0.686. The van der Waals surface area contributed by atoms with Gasteiger partial charge in [0.05, 0.1) is 19.6 Å². The first kappa shape index (κ1) is 16.1. The minimum Gasteiger partial charge on any atom is -0.374 e. The molecular formula is C13H30NO3Si+. The quantitative estimate of drug-likeness (QED) is 0.549. The van der Waals surface area contributed by atoms with Gasteiger partial charge in [0, 0.05) is 27.2 Å². The number of nitrogens with zero attached hydrogens (tertiary/aromatic N) is 1. The second kappa shape index (κ2) is 6.48. The zero-order valence-electron chi connectivity index (χ0n) is 12.9. The second-order valence-corrected chi connectivity index (χ2v) is 8.87. The Bertz CT molecular complexity index is 250. The molecule has 0 aromatic carbocycles. The summed E-state index contributed by atoms with van der Waals surface area (Å²) in [5, 5.41) is 0. The maximum Gasteiger partial charge on any atom is 0.558 e. The summed E-state index contributed by atoms with van der Waals surface area (Å²) in [4.78, 5) is 0. The van der Waals surface area contributed by atoms with Gasteiger partial charge in [-0.05, 0) is 19.3 Å². The van der Waals surface area contributed by atoms with Gasteiger partial charge in [-0.25, -0.2) is 0 Å². The van der Waals surface area contributed by atoms with E-state index in [-0.39, 0.29) is 0 Å². The van der Waals surface area contributed by atoms with Crippen LogP contribution in [-0.4, -0.2) is 60.4 Å². The monoisotopic (exact) mass is 276 g/mol. The molecule has 0 radical (unpaired) electrons. The highest BCUT2D eigenvalue weighted by Crippen LogP contribution is 2.31. The molecule has 2 atom stereocenters. The number of rotatable bonds is 6. The normalized spacial score (nSPS) is 29.8. The average molecular weight is 276 g/mol. The summed E-state index contributed by atoms with van der Waals surface area (Å²) in [6.07, 6.45) is 4.81. The van der Waals surface area contributed by atoms with E-state index in [4.69, 9.17) is 13.3 Å². The minimum atomic E-state index is -2.49. The Labute approximate surface area is 113 Å². The largest absolute Gasteiger partial charge is 0.558 e. The molecule has 1 saturated heterocycles. The van der Waals surface area contributed by atoms with Gasteiger partial charge >= 0.3 is 8.80 Å². The van der Waals surface area contributed by atoms with E-state index in [0.29, 0.717) is 12.0 Å². The third kappa shape index (κ3) is 3.33. The highest BCUT2D eigenvalue weighted by atomic mass is 28.4. The third-order valence-electron chi connectivity index (χ3n) is 4.48. The van der Waals surface area contributed by atoms with E-state index in [0.717, 1.165) is 10.7 Å². The van der Waals surface area contributed by atoms with Crippen LogP contribution in [0.4, 0.5) is 0 Å². The molecular weight excluding hydrogens is 246 g/mol. The van der Waals surface area contributed by atoms with Crippen LogP contribution in [-0.2, 0) is 13.3 Å². The zero-order chi connectivity index (χ0) is 13.8. The van der Waals surface area contributed by atoms with Crippen molar-refractivity contribution in [2.75, 3.05) is 41.1 Å². The topological polar surface area (TPSA) is 27.7 Å². The van der Waals surface area contributed by atoms with Gasteiger partial charge in [-0.2, -0.15) is 0 Å². The van der Waals surface area contributed by atoms with Gasteiger partial charge in [-0.1, -0.05) is 13.8 Å². The van der Waals surface area contributed by atoms with Gasteiger partial charge in [0.2, 0.25) is 0 Å². The molecule has 0 saturated carbocycles. The van der Waals surface area contributed by atoms with Crippen LogP contribution in [0.5, 0.6) is 0 Å². The average Bonchev–Trinajstić information content (AvgIpc) is 2.36. The van der Waals surface area contributed by atoms with Crippen molar-refractivity contribution < 1.29 is 17.8 Å². The molecule has 1 heterocycles. The Morgan fingerprint density at radius 3 is 2.11 bits per heavy atom. The van der Waals surface area contributed by atoms with Crippen molar-refractivity contribution in [2.24, 2.45) is 5.92 Å². The fourth-order valence-corrected chi connectivity index (χ4v) is 5.60. The first-order chi connectivity index (χ1) is 8.43. The standard InChI is InChI=1S/C13H30NO3Si/c1-12(2)13-9-7-8-10-14(13,3)11-18(15-4,16-5)17-6/h12-13H,7-11H2,1-6H3/q+1. The predicted octanol–water partition coefficient (Wildman–Crippen LogP) is 2.06. The van der Waals surface area contributed by atoms with E-state index in [1.54, 1.807) is 21.3 Å². The highest BCUT2D eigenvalue weighted by Gasteiger charge is 2.50. The van der Waals surface area contributed by atoms with Crippen LogP contribution < -0.4 is 0 Å². The van der Waals surface area contributed by atoms with Crippen LogP contribution in [0.3, 0.4) is 0 Å². The van der Waals surface area contributed by atoms with Crippen LogP contribution in [0.15, 0.2) is 0 Å². The Hall–Kier alpha value is 0.0569. The van der Waals surface area contributed by atoms with Gasteiger partial charge in [0.25, 0.3) is 0 Å². The van der Waals surface area contributed by atoms with Gasteiger partial charge in [0.15, 0.2) is 0 Å². The Morgan fingerprint density at radius 1 is 1.11 bits per heavy atom. The van der Waals surface area contributed by atoms with E-state index in [1.807, 2.05) is 0 Å². The molecule has 0 N–H and O–H groups in total. The molecule has 18 heavy (non-hydrogen) atoms. The van der Waals surface area contributed by atoms with Crippen LogP contribution in [0.1, 0.15) is 33.1 Å². The summed E-state index contributed by atoms with van der Waals surface area (Å²) in [5.74, 6) is 0.688. The first-order valence-electron chi connectivity index (χ1n) is 6.92. The summed E-state index contributed by atoms with van der Waals surface area (Å²) in [5.41, 5.74) is 0. The van der Waals surface area contributed by atoms with Gasteiger partial charge in [-0.15, -0.1) is 0 Å². The molecule has 2 unspecified atom stereocenters. The van der Waals surface area contributed by atoms with Crippen molar-refractivity contribution in [1.29, 1.82) is 0 Å². The summed E-state index contributed by atoms with van der Waals surface area (Å²) in [7, 11) is 4.97. The lowest BCUT2D eigenvalue weighted by Crippen LogP contribution is -2.66. The molecule has 4 nitrogen and oxygen atoms in total. The molecule has 0 amide bonds. The van der Waals surface area contributed by atoms with Gasteiger partial charge < -0.3 is 17.8 Å². The third-order valence-corrected chi connectivity index (χ3v) is 7.45. The predicted molar refractivity (Wildman–Crippen MR) is 75.2 cm³/mol. The molecule has 0 spiro atoms. The lowest BCUT2D eigenvalue weighted by Gasteiger charge is -2.48. The number of likely N-dealkylation sites (tertiary alicyclic amines) is 1. The molecule has 0 aromatic heterocycles. The van der Waals surface area contributed by atoms with Crippen LogP contribution >= 0.6 is 0 Å². The summed E-state index contributed by atoms with van der Waals surface area (Å²) in [6, 6.07) is 0.686. The lowest BCUT2D eigenvalue weighted by atomic mass is 9.91. The SMILES string of the molecule is CO[Si](C[N+]1(C)CCCCC1C(C)C)(OC)OC. The highest BCUT2D eigenvalue weighted by molar-refractivity contribution is 6.60. The van der Waals surface area contributed by atoms with E-state index in [1.165, 1.54) is 25.8 Å². The molecule has 0 bridgehead atoms. The zero-order valence-corrected chi connectivity index (χ0v) is 13.9. The van der Waals surface area contributed by atoms with E-state index in [9.17, 15) is 0 Å². The summed E-state index contributed by atoms with van der Waals surface area (Å²) < 4.78 is 17.9. The molecule has 108 valence electrons. The van der Waals surface area contributed by atoms with Crippen molar-refractivity contribution in [2.45, 2.75) is 39.2 Å². The van der Waals surface area contributed by atoms with Crippen LogP contribution in [0.25, 0.3) is 0 Å². The van der Waals surface area contributed by atoms with E-state index in [2.05, 4.69) is 20.9 Å². The Balaban J connectivity index is 2.88. The summed E-state index contributed by atoms with van der Waals surface area (Å²) in [6.45, 7) is 5.85. The Morgan fingerprint density at radius 2 is 1.67 bits per heavy atom. The lowest BCUT2D eigenvalue weighted by molar-refractivity contribution is -0.934. The Kier molecular flexibility index (Phi) is 5.80. The number of hydrogen-bond donors (Lipinski definition) is 0. The number of quaternary nitrogens is 1. The van der Waals surface area contributed by atoms with Crippen molar-refractivity contribution in [3.63, 3.8) is 0 Å². The summed E-state index contributed by atoms with van der Waals surface area (Å²) >= 11 is 0. The van der Waals surface area contributed by atoms with Crippen LogP contribution in [0, 0.1) is 5.92 Å². The molecule has 1 aliphatic heterocycles. The van der Waals surface area contributed by atoms with Crippen molar-refractivity contribution in [3.8, 4) is 0 Å². The first-order valence-corrected chi connectivity index (χ1v) is 8.86. The molecule has 5 heteroatoms. The van der Waals surface area contributed by atoms with Crippen molar-refractivity contribution in [1.82, 2.24) is 0 Å². The molecule has 0 aliphatic carbocycles. The smallest absolute Gasteiger partial charge is 0.374 e. The molecule has 1 fully saturated rings. The maximum absolute atomic E-state index is 5.61. The number of piperidine rings is 1. The fraction of sp³-hybridized carbons (Fsp3) is 1.00. The van der Waals surface area contributed by atoms with Gasteiger partial charge in [-0.3, -0.25) is 0 Å². The van der Waals surface area contributed by atoms with E-state index >= 15 is 0 Å². The maximum atomic E-state index is 5.61. The number of hydrogen-bond acceptors (Lipinski definition) is 3. The molecule has 0 aromatic rings. The second-order valence-electron chi connectivity index (χ2n) is 5.96. The molecule has 1 rings (SSSR count).